The van der Waals surface area contributed by atoms with Crippen LogP contribution in [0.4, 0.5) is 14.5 Å². The molecule has 0 aliphatic heterocycles. The highest BCUT2D eigenvalue weighted by molar-refractivity contribution is 5.93. The van der Waals surface area contributed by atoms with E-state index < -0.39 is 36.7 Å². The molecule has 148 valence electrons. The van der Waals surface area contributed by atoms with Crippen molar-refractivity contribution < 1.29 is 32.6 Å². The number of methoxy groups -OCH3 is 1. The number of amides is 1. The minimum absolute atomic E-state index is 0.332. The first-order chi connectivity index (χ1) is 13.4. The highest BCUT2D eigenvalue weighted by Crippen LogP contribution is 2.28. The molecule has 0 aliphatic carbocycles. The van der Waals surface area contributed by atoms with E-state index in [0.717, 1.165) is 23.8 Å². The van der Waals surface area contributed by atoms with Gasteiger partial charge < -0.3 is 19.5 Å². The molecular formula is C20H19F2NO5. The van der Waals surface area contributed by atoms with Gasteiger partial charge in [-0.2, -0.15) is 0 Å². The second-order valence-electron chi connectivity index (χ2n) is 5.53. The van der Waals surface area contributed by atoms with Crippen LogP contribution in [0.25, 0.3) is 6.08 Å². The van der Waals surface area contributed by atoms with Crippen LogP contribution in [0.5, 0.6) is 11.5 Å². The van der Waals surface area contributed by atoms with Crippen LogP contribution in [0.3, 0.4) is 0 Å². The van der Waals surface area contributed by atoms with Crippen LogP contribution in [0.15, 0.2) is 42.5 Å². The molecule has 28 heavy (non-hydrogen) atoms. The summed E-state index contributed by atoms with van der Waals surface area (Å²) in [7, 11) is 1.47. The summed E-state index contributed by atoms with van der Waals surface area (Å²) in [5.41, 5.74) is 0.554. The van der Waals surface area contributed by atoms with Crippen molar-refractivity contribution in [2.75, 3.05) is 25.6 Å². The monoisotopic (exact) mass is 391 g/mol. The normalized spacial score (nSPS) is 10.6. The van der Waals surface area contributed by atoms with Crippen LogP contribution >= 0.6 is 0 Å². The van der Waals surface area contributed by atoms with Crippen molar-refractivity contribution in [2.24, 2.45) is 0 Å². The molecule has 0 spiro atoms. The van der Waals surface area contributed by atoms with E-state index in [1.165, 1.54) is 7.11 Å². The molecule has 0 aromatic heterocycles. The Labute approximate surface area is 160 Å². The van der Waals surface area contributed by atoms with Crippen LogP contribution < -0.4 is 14.8 Å². The summed E-state index contributed by atoms with van der Waals surface area (Å²) in [6, 6.07) is 7.77. The Morgan fingerprint density at radius 1 is 1.07 bits per heavy atom. The number of esters is 1. The van der Waals surface area contributed by atoms with Gasteiger partial charge in [0.25, 0.3) is 5.91 Å². The fourth-order valence-electron chi connectivity index (χ4n) is 2.20. The zero-order valence-corrected chi connectivity index (χ0v) is 15.3. The lowest BCUT2D eigenvalue weighted by atomic mass is 10.2. The van der Waals surface area contributed by atoms with Crippen molar-refractivity contribution in [3.63, 3.8) is 0 Å². The van der Waals surface area contributed by atoms with Crippen molar-refractivity contribution in [1.29, 1.82) is 0 Å². The molecule has 0 heterocycles. The molecule has 8 heteroatoms. The fourth-order valence-corrected chi connectivity index (χ4v) is 2.20. The molecule has 0 atom stereocenters. The number of carbonyl (C=O) groups is 2. The van der Waals surface area contributed by atoms with Gasteiger partial charge in [0.05, 0.1) is 12.8 Å². The van der Waals surface area contributed by atoms with E-state index >= 15 is 0 Å². The highest BCUT2D eigenvalue weighted by atomic mass is 19.1. The predicted molar refractivity (Wildman–Crippen MR) is 99.1 cm³/mol. The molecular weight excluding hydrogens is 372 g/mol. The van der Waals surface area contributed by atoms with Gasteiger partial charge in [0.1, 0.15) is 11.6 Å². The first-order valence-electron chi connectivity index (χ1n) is 8.27. The minimum Gasteiger partial charge on any atom is -0.493 e. The Hall–Kier alpha value is -3.42. The summed E-state index contributed by atoms with van der Waals surface area (Å²) >= 11 is 0. The third-order valence-electron chi connectivity index (χ3n) is 3.46. The third kappa shape index (κ3) is 6.08. The van der Waals surface area contributed by atoms with E-state index in [9.17, 15) is 18.4 Å². The predicted octanol–water partition coefficient (Wildman–Crippen LogP) is 3.57. The van der Waals surface area contributed by atoms with Gasteiger partial charge in [0, 0.05) is 6.07 Å². The van der Waals surface area contributed by atoms with Gasteiger partial charge in [-0.05, 0) is 36.8 Å². The van der Waals surface area contributed by atoms with Gasteiger partial charge in [-0.25, -0.2) is 13.6 Å². The quantitative estimate of drug-likeness (QED) is 0.697. The summed E-state index contributed by atoms with van der Waals surface area (Å²) in [4.78, 5) is 23.5. The number of ether oxygens (including phenoxy) is 3. The molecule has 0 unspecified atom stereocenters. The smallest absolute Gasteiger partial charge is 0.344 e. The Balaban J connectivity index is 1.84. The average Bonchev–Trinajstić information content (AvgIpc) is 2.68. The van der Waals surface area contributed by atoms with Crippen LogP contribution in [0.2, 0.25) is 0 Å². The molecule has 0 fully saturated rings. The summed E-state index contributed by atoms with van der Waals surface area (Å²) in [5, 5.41) is 2.12. The second-order valence-corrected chi connectivity index (χ2v) is 5.53. The summed E-state index contributed by atoms with van der Waals surface area (Å²) in [6.45, 7) is 0.752. The van der Waals surface area contributed by atoms with Gasteiger partial charge in [0.15, 0.2) is 24.7 Å². The van der Waals surface area contributed by atoms with Crippen molar-refractivity contribution in [3.8, 4) is 11.5 Å². The average molecular weight is 391 g/mol. The number of hydrogen-bond acceptors (Lipinski definition) is 5. The molecule has 0 bridgehead atoms. The van der Waals surface area contributed by atoms with E-state index in [0.29, 0.717) is 11.5 Å². The van der Waals surface area contributed by atoms with Crippen LogP contribution in [0.1, 0.15) is 12.5 Å². The first-order valence-corrected chi connectivity index (χ1v) is 8.27. The third-order valence-corrected chi connectivity index (χ3v) is 3.46. The topological polar surface area (TPSA) is 73.9 Å². The van der Waals surface area contributed by atoms with E-state index in [1.54, 1.807) is 18.2 Å². The lowest BCUT2D eigenvalue weighted by Crippen LogP contribution is -2.24. The van der Waals surface area contributed by atoms with Crippen LogP contribution in [0, 0.1) is 11.6 Å². The Morgan fingerprint density at radius 2 is 1.86 bits per heavy atom. The number of halogens is 2. The van der Waals surface area contributed by atoms with Gasteiger partial charge >= 0.3 is 5.97 Å². The lowest BCUT2D eigenvalue weighted by molar-refractivity contribution is -0.149. The minimum atomic E-state index is -0.814. The molecule has 2 aromatic rings. The number of anilines is 1. The number of rotatable bonds is 8. The maximum Gasteiger partial charge on any atom is 0.344 e. The Kier molecular flexibility index (Phi) is 7.50. The van der Waals surface area contributed by atoms with Crippen molar-refractivity contribution in [3.05, 3.63) is 59.7 Å². The van der Waals surface area contributed by atoms with Gasteiger partial charge in [-0.1, -0.05) is 18.2 Å². The summed E-state index contributed by atoms with van der Waals surface area (Å²) in [6.07, 6.45) is 3.74. The summed E-state index contributed by atoms with van der Waals surface area (Å²) < 4.78 is 41.8. The van der Waals surface area contributed by atoms with Crippen molar-refractivity contribution >= 4 is 23.6 Å². The van der Waals surface area contributed by atoms with E-state index in [1.807, 2.05) is 19.1 Å². The molecule has 0 saturated heterocycles. The molecule has 0 radical (unpaired) electrons. The zero-order valence-electron chi connectivity index (χ0n) is 15.3. The van der Waals surface area contributed by atoms with Crippen LogP contribution in [-0.4, -0.2) is 32.2 Å². The lowest BCUT2D eigenvalue weighted by Gasteiger charge is -2.11. The number of benzene rings is 2. The molecule has 0 saturated carbocycles. The molecule has 2 aromatic carbocycles. The number of hydrogen-bond donors (Lipinski definition) is 1. The number of nitrogens with one attached hydrogen (secondary N) is 1. The molecule has 1 N–H and O–H groups in total. The molecule has 1 amide bonds. The number of carbonyl (C=O) groups excluding carboxylic acids is 2. The van der Waals surface area contributed by atoms with E-state index in [4.69, 9.17) is 14.2 Å². The SMILES string of the molecule is C/C=C/c1ccc(OCC(=O)OCC(=O)Nc2cc(F)ccc2F)c(OC)c1. The van der Waals surface area contributed by atoms with Gasteiger partial charge in [-0.15, -0.1) is 0 Å². The molecule has 0 aliphatic rings. The van der Waals surface area contributed by atoms with E-state index in [-0.39, 0.29) is 5.69 Å². The maximum atomic E-state index is 13.5. The Morgan fingerprint density at radius 3 is 2.57 bits per heavy atom. The maximum absolute atomic E-state index is 13.5. The molecule has 2 rings (SSSR count). The van der Waals surface area contributed by atoms with Crippen LogP contribution in [-0.2, 0) is 14.3 Å². The standard InChI is InChI=1S/C20H19F2NO5/c1-3-4-13-5-8-17(18(9-13)26-2)27-12-20(25)28-11-19(24)23-16-10-14(21)6-7-15(16)22/h3-10H,11-12H2,1-2H3,(H,23,24)/b4-3+. The van der Waals surface area contributed by atoms with Crippen molar-refractivity contribution in [2.45, 2.75) is 6.92 Å². The fraction of sp³-hybridized carbons (Fsp3) is 0.200. The second kappa shape index (κ2) is 10.1. The van der Waals surface area contributed by atoms with Gasteiger partial charge in [-0.3, -0.25) is 4.79 Å². The Bertz CT molecular complexity index is 883. The zero-order chi connectivity index (χ0) is 20.5. The summed E-state index contributed by atoms with van der Waals surface area (Å²) in [5.74, 6) is -2.38. The van der Waals surface area contributed by atoms with Gasteiger partial charge in [0.2, 0.25) is 0 Å². The van der Waals surface area contributed by atoms with E-state index in [2.05, 4.69) is 5.32 Å². The largest absolute Gasteiger partial charge is 0.493 e. The molecule has 6 nitrogen and oxygen atoms in total. The number of allylic oxidation sites excluding steroid dienone is 1. The first kappa shape index (κ1) is 20.9. The highest BCUT2D eigenvalue weighted by Gasteiger charge is 2.13. The van der Waals surface area contributed by atoms with Crippen molar-refractivity contribution in [1.82, 2.24) is 0 Å².